The quantitative estimate of drug-likeness (QED) is 0.546. The van der Waals surface area contributed by atoms with E-state index in [2.05, 4.69) is 24.8 Å². The van der Waals surface area contributed by atoms with E-state index < -0.39 is 0 Å². The maximum atomic E-state index is 14.0. The van der Waals surface area contributed by atoms with Crippen LogP contribution in [0, 0.1) is 5.82 Å². The largest absolute Gasteiger partial charge is 0.355 e. The van der Waals surface area contributed by atoms with Crippen molar-refractivity contribution in [1.29, 1.82) is 0 Å². The smallest absolute Gasteiger partial charge is 0.151 e. The predicted molar refractivity (Wildman–Crippen MR) is 107 cm³/mol. The molecule has 0 amide bonds. The van der Waals surface area contributed by atoms with E-state index >= 15 is 0 Å². The number of hydrogen-bond donors (Lipinski definition) is 0. The van der Waals surface area contributed by atoms with E-state index in [1.54, 1.807) is 16.9 Å². The number of rotatable bonds is 3. The third kappa shape index (κ3) is 2.93. The lowest BCUT2D eigenvalue weighted by atomic mass is 10.0. The standard InChI is InChI=1S/C21H21FN6/c1-26-14-15(13-23-26)19-5-6-21(25-24-19)27-10-7-16(8-11-27)28-12-9-17-18(22)3-2-4-20(17)28/h2-6,9,12-14,16H,7-8,10-11H2,1H3. The van der Waals surface area contributed by atoms with Crippen molar-refractivity contribution in [3.8, 4) is 11.3 Å². The minimum absolute atomic E-state index is 0.155. The van der Waals surface area contributed by atoms with Crippen LogP contribution in [0.2, 0.25) is 0 Å². The maximum Gasteiger partial charge on any atom is 0.151 e. The molecular formula is C21H21FN6. The van der Waals surface area contributed by atoms with Gasteiger partial charge in [-0.3, -0.25) is 4.68 Å². The number of aryl methyl sites for hydroxylation is 1. The summed E-state index contributed by atoms with van der Waals surface area (Å²) in [5, 5.41) is 13.7. The van der Waals surface area contributed by atoms with Gasteiger partial charge in [0.05, 0.1) is 17.4 Å². The van der Waals surface area contributed by atoms with Crippen molar-refractivity contribution in [1.82, 2.24) is 24.5 Å². The van der Waals surface area contributed by atoms with E-state index in [-0.39, 0.29) is 5.82 Å². The second-order valence-corrected chi connectivity index (χ2v) is 7.29. The molecule has 5 rings (SSSR count). The topological polar surface area (TPSA) is 51.8 Å². The van der Waals surface area contributed by atoms with E-state index in [9.17, 15) is 4.39 Å². The molecule has 0 spiro atoms. The van der Waals surface area contributed by atoms with Gasteiger partial charge in [-0.25, -0.2) is 4.39 Å². The Morgan fingerprint density at radius 1 is 1.04 bits per heavy atom. The second-order valence-electron chi connectivity index (χ2n) is 7.29. The molecule has 1 aromatic carbocycles. The number of hydrogen-bond acceptors (Lipinski definition) is 4. The molecule has 0 radical (unpaired) electrons. The van der Waals surface area contributed by atoms with Crippen molar-refractivity contribution in [2.45, 2.75) is 18.9 Å². The molecular weight excluding hydrogens is 355 g/mol. The van der Waals surface area contributed by atoms with E-state index in [1.807, 2.05) is 43.7 Å². The van der Waals surface area contributed by atoms with Crippen LogP contribution in [0.3, 0.4) is 0 Å². The molecule has 142 valence electrons. The fourth-order valence-corrected chi connectivity index (χ4v) is 4.04. The van der Waals surface area contributed by atoms with Crippen molar-refractivity contribution in [3.63, 3.8) is 0 Å². The SMILES string of the molecule is Cn1cc(-c2ccc(N3CCC(n4ccc5c(F)cccc54)CC3)nn2)cn1. The highest BCUT2D eigenvalue weighted by Crippen LogP contribution is 2.30. The van der Waals surface area contributed by atoms with Gasteiger partial charge in [0, 0.05) is 49.5 Å². The first-order chi connectivity index (χ1) is 13.7. The molecule has 28 heavy (non-hydrogen) atoms. The average molecular weight is 376 g/mol. The van der Waals surface area contributed by atoms with Gasteiger partial charge in [0.1, 0.15) is 5.82 Å². The van der Waals surface area contributed by atoms with Crippen LogP contribution in [-0.4, -0.2) is 37.6 Å². The number of benzene rings is 1. The minimum atomic E-state index is -0.155. The zero-order valence-electron chi connectivity index (χ0n) is 15.7. The first-order valence-electron chi connectivity index (χ1n) is 9.52. The summed E-state index contributed by atoms with van der Waals surface area (Å²) in [6.07, 6.45) is 7.72. The maximum absolute atomic E-state index is 14.0. The van der Waals surface area contributed by atoms with Crippen molar-refractivity contribution >= 4 is 16.7 Å². The summed E-state index contributed by atoms with van der Waals surface area (Å²) < 4.78 is 17.9. The molecule has 0 bridgehead atoms. The lowest BCUT2D eigenvalue weighted by molar-refractivity contribution is 0.404. The predicted octanol–water partition coefficient (Wildman–Crippen LogP) is 3.81. The van der Waals surface area contributed by atoms with Gasteiger partial charge in [0.25, 0.3) is 0 Å². The first-order valence-corrected chi connectivity index (χ1v) is 9.52. The Kier molecular flexibility index (Phi) is 4.07. The van der Waals surface area contributed by atoms with Gasteiger partial charge in [-0.2, -0.15) is 5.10 Å². The Bertz CT molecular complexity index is 1110. The summed E-state index contributed by atoms with van der Waals surface area (Å²) in [5.74, 6) is 0.743. The Balaban J connectivity index is 1.29. The summed E-state index contributed by atoms with van der Waals surface area (Å²) in [4.78, 5) is 2.27. The fourth-order valence-electron chi connectivity index (χ4n) is 4.04. The van der Waals surface area contributed by atoms with E-state index in [0.29, 0.717) is 11.4 Å². The third-order valence-corrected chi connectivity index (χ3v) is 5.54. The molecule has 0 atom stereocenters. The molecule has 0 N–H and O–H groups in total. The number of anilines is 1. The molecule has 1 saturated heterocycles. The van der Waals surface area contributed by atoms with Gasteiger partial charge in [0.2, 0.25) is 0 Å². The zero-order valence-corrected chi connectivity index (χ0v) is 15.7. The summed E-state index contributed by atoms with van der Waals surface area (Å²) in [6.45, 7) is 1.81. The highest BCUT2D eigenvalue weighted by molar-refractivity contribution is 5.80. The molecule has 1 fully saturated rings. The van der Waals surface area contributed by atoms with E-state index in [1.165, 1.54) is 6.07 Å². The average Bonchev–Trinajstić information content (AvgIpc) is 3.36. The van der Waals surface area contributed by atoms with Gasteiger partial charge in [-0.05, 0) is 43.2 Å². The van der Waals surface area contributed by atoms with Crippen LogP contribution in [0.25, 0.3) is 22.2 Å². The van der Waals surface area contributed by atoms with Crippen LogP contribution in [0.1, 0.15) is 18.9 Å². The monoisotopic (exact) mass is 376 g/mol. The van der Waals surface area contributed by atoms with Gasteiger partial charge < -0.3 is 9.47 Å². The van der Waals surface area contributed by atoms with Crippen molar-refractivity contribution in [2.75, 3.05) is 18.0 Å². The molecule has 1 aliphatic heterocycles. The van der Waals surface area contributed by atoms with Gasteiger partial charge in [0.15, 0.2) is 5.82 Å². The molecule has 0 aliphatic carbocycles. The molecule has 0 unspecified atom stereocenters. The van der Waals surface area contributed by atoms with Crippen LogP contribution < -0.4 is 4.90 Å². The van der Waals surface area contributed by atoms with Crippen LogP contribution in [0.4, 0.5) is 10.2 Å². The highest BCUT2D eigenvalue weighted by Gasteiger charge is 2.23. The molecule has 0 saturated carbocycles. The first kappa shape index (κ1) is 16.9. The molecule has 6 nitrogen and oxygen atoms in total. The minimum Gasteiger partial charge on any atom is -0.355 e. The molecule has 1 aliphatic rings. The molecule has 3 aromatic heterocycles. The number of nitrogens with zero attached hydrogens (tertiary/aromatic N) is 6. The van der Waals surface area contributed by atoms with E-state index in [0.717, 1.165) is 48.5 Å². The summed E-state index contributed by atoms with van der Waals surface area (Å²) in [5.41, 5.74) is 2.76. The van der Waals surface area contributed by atoms with E-state index in [4.69, 9.17) is 0 Å². The third-order valence-electron chi connectivity index (χ3n) is 5.54. The van der Waals surface area contributed by atoms with Crippen LogP contribution in [0.15, 0.2) is 55.0 Å². The lowest BCUT2D eigenvalue weighted by Crippen LogP contribution is -2.35. The summed E-state index contributed by atoms with van der Waals surface area (Å²) in [6, 6.07) is 11.6. The van der Waals surface area contributed by atoms with Crippen molar-refractivity contribution in [3.05, 3.63) is 60.8 Å². The molecule has 7 heteroatoms. The number of aromatic nitrogens is 5. The normalized spacial score (nSPS) is 15.4. The fraction of sp³-hybridized carbons (Fsp3) is 0.286. The summed E-state index contributed by atoms with van der Waals surface area (Å²) in [7, 11) is 1.89. The Morgan fingerprint density at radius 3 is 2.61 bits per heavy atom. The lowest BCUT2D eigenvalue weighted by Gasteiger charge is -2.33. The Morgan fingerprint density at radius 2 is 1.89 bits per heavy atom. The van der Waals surface area contributed by atoms with Crippen molar-refractivity contribution in [2.24, 2.45) is 7.05 Å². The van der Waals surface area contributed by atoms with Crippen LogP contribution >= 0.6 is 0 Å². The number of halogens is 1. The Labute approximate surface area is 162 Å². The number of piperidine rings is 1. The second kappa shape index (κ2) is 6.74. The molecule has 4 heterocycles. The van der Waals surface area contributed by atoms with Gasteiger partial charge >= 0.3 is 0 Å². The number of fused-ring (bicyclic) bond motifs is 1. The van der Waals surface area contributed by atoms with Crippen LogP contribution in [-0.2, 0) is 7.05 Å². The summed E-state index contributed by atoms with van der Waals surface area (Å²) >= 11 is 0. The van der Waals surface area contributed by atoms with Crippen molar-refractivity contribution < 1.29 is 4.39 Å². The molecule has 4 aromatic rings. The Hall–Kier alpha value is -3.22. The zero-order chi connectivity index (χ0) is 19.1. The van der Waals surface area contributed by atoms with Gasteiger partial charge in [-0.15, -0.1) is 10.2 Å². The highest BCUT2D eigenvalue weighted by atomic mass is 19.1. The van der Waals surface area contributed by atoms with Gasteiger partial charge in [-0.1, -0.05) is 6.07 Å². The van der Waals surface area contributed by atoms with Crippen LogP contribution in [0.5, 0.6) is 0 Å².